The molecule has 4 N–H and O–H groups in total. The second kappa shape index (κ2) is 5.49. The number of rotatable bonds is 5. The van der Waals surface area contributed by atoms with Crippen LogP contribution in [0.1, 0.15) is 32.1 Å². The van der Waals surface area contributed by atoms with E-state index in [1.807, 2.05) is 0 Å². The lowest BCUT2D eigenvalue weighted by Crippen LogP contribution is -2.41. The quantitative estimate of drug-likeness (QED) is 0.619. The van der Waals surface area contributed by atoms with Gasteiger partial charge in [-0.05, 0) is 38.1 Å². The number of nitrogens with two attached hydrogens (primary N) is 1. The third-order valence-corrected chi connectivity index (χ3v) is 3.66. The van der Waals surface area contributed by atoms with Gasteiger partial charge in [0.25, 0.3) is 0 Å². The van der Waals surface area contributed by atoms with Crippen LogP contribution in [0.4, 0.5) is 0 Å². The fourth-order valence-corrected chi connectivity index (χ4v) is 2.47. The Hall–Kier alpha value is -1.10. The Balaban J connectivity index is 1.70. The Kier molecular flexibility index (Phi) is 3.99. The van der Waals surface area contributed by atoms with Crippen molar-refractivity contribution < 1.29 is 9.59 Å². The number of carbonyl (C=O) groups is 2. The third-order valence-electron chi connectivity index (χ3n) is 3.66. The van der Waals surface area contributed by atoms with E-state index in [2.05, 4.69) is 10.6 Å². The molecular weight excluding hydrogens is 218 g/mol. The molecule has 2 aliphatic rings. The average Bonchev–Trinajstić information content (AvgIpc) is 2.99. The summed E-state index contributed by atoms with van der Waals surface area (Å²) in [6, 6.07) is 0.350. The summed E-state index contributed by atoms with van der Waals surface area (Å²) in [7, 11) is 0. The molecule has 0 aromatic heterocycles. The van der Waals surface area contributed by atoms with Gasteiger partial charge >= 0.3 is 0 Å². The lowest BCUT2D eigenvalue weighted by molar-refractivity contribution is -0.129. The van der Waals surface area contributed by atoms with Crippen LogP contribution >= 0.6 is 0 Å². The number of nitrogens with one attached hydrogen (secondary N) is 2. The van der Waals surface area contributed by atoms with Gasteiger partial charge in [-0.15, -0.1) is 0 Å². The van der Waals surface area contributed by atoms with Gasteiger partial charge in [-0.2, -0.15) is 0 Å². The van der Waals surface area contributed by atoms with Gasteiger partial charge in [0.2, 0.25) is 11.8 Å². The highest BCUT2D eigenvalue weighted by atomic mass is 16.2. The van der Waals surface area contributed by atoms with Crippen LogP contribution in [0.3, 0.4) is 0 Å². The Bertz CT molecular complexity index is 302. The first-order valence-electron chi connectivity index (χ1n) is 6.48. The van der Waals surface area contributed by atoms with Gasteiger partial charge in [-0.25, -0.2) is 0 Å². The lowest BCUT2D eigenvalue weighted by atomic mass is 9.95. The maximum absolute atomic E-state index is 11.9. The fraction of sp³-hybridized carbons (Fsp3) is 0.833. The summed E-state index contributed by atoms with van der Waals surface area (Å²) in [4.78, 5) is 23.3. The van der Waals surface area contributed by atoms with Crippen molar-refractivity contribution >= 4 is 11.8 Å². The van der Waals surface area contributed by atoms with Crippen molar-refractivity contribution in [3.8, 4) is 0 Å². The molecule has 2 amide bonds. The minimum Gasteiger partial charge on any atom is -0.352 e. The van der Waals surface area contributed by atoms with Gasteiger partial charge in [-0.1, -0.05) is 6.42 Å². The molecule has 5 nitrogen and oxygen atoms in total. The molecule has 17 heavy (non-hydrogen) atoms. The summed E-state index contributed by atoms with van der Waals surface area (Å²) in [6.45, 7) is 0.662. The zero-order valence-electron chi connectivity index (χ0n) is 10.1. The van der Waals surface area contributed by atoms with Crippen LogP contribution in [0.15, 0.2) is 0 Å². The largest absolute Gasteiger partial charge is 0.352 e. The number of amides is 2. The molecule has 0 radical (unpaired) electrons. The summed E-state index contributed by atoms with van der Waals surface area (Å²) in [6.07, 6.45) is 5.13. The van der Waals surface area contributed by atoms with Gasteiger partial charge in [0.05, 0.1) is 6.54 Å². The smallest absolute Gasteiger partial charge is 0.239 e. The second-order valence-electron chi connectivity index (χ2n) is 5.09. The number of hydrogen-bond donors (Lipinski definition) is 3. The molecule has 2 aliphatic carbocycles. The fourth-order valence-electron chi connectivity index (χ4n) is 2.47. The molecule has 0 unspecified atom stereocenters. The van der Waals surface area contributed by atoms with E-state index >= 15 is 0 Å². The molecule has 0 bridgehead atoms. The van der Waals surface area contributed by atoms with Gasteiger partial charge in [0, 0.05) is 12.0 Å². The van der Waals surface area contributed by atoms with Crippen LogP contribution in [-0.2, 0) is 9.59 Å². The van der Waals surface area contributed by atoms with Gasteiger partial charge in [-0.3, -0.25) is 9.59 Å². The molecule has 0 aromatic carbocycles. The lowest BCUT2D eigenvalue weighted by Gasteiger charge is -2.17. The summed E-state index contributed by atoms with van der Waals surface area (Å²) in [5, 5.41) is 5.56. The van der Waals surface area contributed by atoms with Crippen molar-refractivity contribution in [3.05, 3.63) is 0 Å². The molecule has 96 valence electrons. The van der Waals surface area contributed by atoms with E-state index in [-0.39, 0.29) is 24.3 Å². The molecule has 2 saturated carbocycles. The Labute approximate surface area is 102 Å². The van der Waals surface area contributed by atoms with Crippen molar-refractivity contribution in [2.45, 2.75) is 38.1 Å². The first kappa shape index (κ1) is 12.4. The highest BCUT2D eigenvalue weighted by Crippen LogP contribution is 2.30. The molecule has 0 heterocycles. The predicted octanol–water partition coefficient (Wildman–Crippen LogP) is -0.244. The van der Waals surface area contributed by atoms with Crippen molar-refractivity contribution in [2.75, 3.05) is 13.1 Å². The molecule has 2 atom stereocenters. The van der Waals surface area contributed by atoms with Gasteiger partial charge in [0.1, 0.15) is 0 Å². The van der Waals surface area contributed by atoms with E-state index < -0.39 is 0 Å². The van der Waals surface area contributed by atoms with Crippen LogP contribution in [0.2, 0.25) is 0 Å². The van der Waals surface area contributed by atoms with Crippen molar-refractivity contribution in [2.24, 2.45) is 17.6 Å². The second-order valence-corrected chi connectivity index (χ2v) is 5.09. The summed E-state index contributed by atoms with van der Waals surface area (Å²) in [5.41, 5.74) is 5.63. The summed E-state index contributed by atoms with van der Waals surface area (Å²) < 4.78 is 0. The van der Waals surface area contributed by atoms with Gasteiger partial charge < -0.3 is 16.4 Å². The molecule has 0 saturated heterocycles. The first-order valence-corrected chi connectivity index (χ1v) is 6.48. The van der Waals surface area contributed by atoms with Crippen molar-refractivity contribution in [1.82, 2.24) is 10.6 Å². The molecule has 5 heteroatoms. The molecule has 2 rings (SSSR count). The first-order chi connectivity index (χ1) is 8.20. The van der Waals surface area contributed by atoms with Crippen LogP contribution in [0, 0.1) is 11.8 Å². The zero-order valence-corrected chi connectivity index (χ0v) is 10.1. The Morgan fingerprint density at radius 3 is 2.59 bits per heavy atom. The minimum atomic E-state index is -0.0804. The van der Waals surface area contributed by atoms with Crippen LogP contribution in [0.5, 0.6) is 0 Å². The average molecular weight is 239 g/mol. The summed E-state index contributed by atoms with van der Waals surface area (Å²) in [5.74, 6) is 0.210. The van der Waals surface area contributed by atoms with E-state index in [0.717, 1.165) is 32.1 Å². The maximum Gasteiger partial charge on any atom is 0.239 e. The molecular formula is C12H21N3O2. The standard InChI is InChI=1S/C12H21N3O2/c13-6-8-2-1-3-10(8)12(17)14-7-11(16)15-9-4-5-9/h8-10H,1-7,13H2,(H,14,17)(H,15,16)/t8-,10-/m1/s1. The summed E-state index contributed by atoms with van der Waals surface area (Å²) >= 11 is 0. The SMILES string of the molecule is NC[C@H]1CCC[C@H]1C(=O)NCC(=O)NC1CC1. The van der Waals surface area contributed by atoms with Crippen molar-refractivity contribution in [3.63, 3.8) is 0 Å². The highest BCUT2D eigenvalue weighted by molar-refractivity contribution is 5.86. The Morgan fingerprint density at radius 1 is 1.18 bits per heavy atom. The van der Waals surface area contributed by atoms with Crippen LogP contribution < -0.4 is 16.4 Å². The number of hydrogen-bond acceptors (Lipinski definition) is 3. The van der Waals surface area contributed by atoms with Crippen LogP contribution in [-0.4, -0.2) is 30.9 Å². The van der Waals surface area contributed by atoms with E-state index in [1.54, 1.807) is 0 Å². The molecule has 2 fully saturated rings. The maximum atomic E-state index is 11.9. The third kappa shape index (κ3) is 3.43. The molecule has 0 aliphatic heterocycles. The van der Waals surface area contributed by atoms with E-state index in [9.17, 15) is 9.59 Å². The van der Waals surface area contributed by atoms with E-state index in [4.69, 9.17) is 5.73 Å². The minimum absolute atomic E-state index is 0.00808. The molecule has 0 spiro atoms. The monoisotopic (exact) mass is 239 g/mol. The van der Waals surface area contributed by atoms with Crippen molar-refractivity contribution in [1.29, 1.82) is 0 Å². The predicted molar refractivity (Wildman–Crippen MR) is 64.1 cm³/mol. The van der Waals surface area contributed by atoms with E-state index in [0.29, 0.717) is 18.5 Å². The topological polar surface area (TPSA) is 84.2 Å². The number of carbonyl (C=O) groups excluding carboxylic acids is 2. The van der Waals surface area contributed by atoms with E-state index in [1.165, 1.54) is 0 Å². The zero-order chi connectivity index (χ0) is 12.3. The highest BCUT2D eigenvalue weighted by Gasteiger charge is 2.32. The normalized spacial score (nSPS) is 27.8. The van der Waals surface area contributed by atoms with Gasteiger partial charge in [0.15, 0.2) is 0 Å². The Morgan fingerprint density at radius 2 is 1.94 bits per heavy atom. The molecule has 0 aromatic rings. The van der Waals surface area contributed by atoms with Crippen LogP contribution in [0.25, 0.3) is 0 Å².